The third-order valence-electron chi connectivity index (χ3n) is 4.24. The standard InChI is InChI=1S/C18H21NO5/c1-12-4-5-15(20)14(9-12)18(22)19-6-8-23-11-13(19)10-16(21)17-3-2-7-24-17/h2-5,7,9,13,16,20-21H,6,8,10-11H2,1H3/t13-,16+/m1/s1. The van der Waals surface area contributed by atoms with Crippen molar-refractivity contribution >= 4 is 5.91 Å². The highest BCUT2D eigenvalue weighted by molar-refractivity contribution is 5.97. The topological polar surface area (TPSA) is 83.1 Å². The second-order valence-electron chi connectivity index (χ2n) is 6.01. The van der Waals surface area contributed by atoms with Gasteiger partial charge in [0.25, 0.3) is 5.91 Å². The van der Waals surface area contributed by atoms with E-state index < -0.39 is 6.10 Å². The van der Waals surface area contributed by atoms with Crippen LogP contribution in [0.1, 0.15) is 34.2 Å². The quantitative estimate of drug-likeness (QED) is 0.898. The van der Waals surface area contributed by atoms with Crippen LogP contribution in [0.5, 0.6) is 5.75 Å². The van der Waals surface area contributed by atoms with Crippen molar-refractivity contribution in [2.45, 2.75) is 25.5 Å². The number of rotatable bonds is 4. The number of aliphatic hydroxyl groups excluding tert-OH is 1. The SMILES string of the molecule is Cc1ccc(O)c(C(=O)N2CCOC[C@H]2C[C@H](O)c2ccco2)c1. The zero-order valence-electron chi connectivity index (χ0n) is 13.5. The van der Waals surface area contributed by atoms with E-state index in [4.69, 9.17) is 9.15 Å². The zero-order valence-corrected chi connectivity index (χ0v) is 13.5. The van der Waals surface area contributed by atoms with Crippen molar-refractivity contribution in [2.24, 2.45) is 0 Å². The van der Waals surface area contributed by atoms with Crippen molar-refractivity contribution in [2.75, 3.05) is 19.8 Å². The second-order valence-corrected chi connectivity index (χ2v) is 6.01. The number of phenols is 1. The summed E-state index contributed by atoms with van der Waals surface area (Å²) in [7, 11) is 0. The van der Waals surface area contributed by atoms with Gasteiger partial charge in [-0.2, -0.15) is 0 Å². The summed E-state index contributed by atoms with van der Waals surface area (Å²) in [6, 6.07) is 8.08. The number of aromatic hydroxyl groups is 1. The van der Waals surface area contributed by atoms with Crippen molar-refractivity contribution in [3.05, 3.63) is 53.5 Å². The van der Waals surface area contributed by atoms with Crippen LogP contribution in [0.3, 0.4) is 0 Å². The number of ether oxygens (including phenoxy) is 1. The summed E-state index contributed by atoms with van der Waals surface area (Å²) in [6.45, 7) is 3.07. The third kappa shape index (κ3) is 3.44. The number of carbonyl (C=O) groups is 1. The molecule has 1 saturated heterocycles. The summed E-state index contributed by atoms with van der Waals surface area (Å²) in [4.78, 5) is 14.5. The Morgan fingerprint density at radius 3 is 3.00 bits per heavy atom. The Balaban J connectivity index is 1.79. The molecule has 0 radical (unpaired) electrons. The van der Waals surface area contributed by atoms with Gasteiger partial charge in [-0.25, -0.2) is 0 Å². The molecule has 2 aromatic rings. The zero-order chi connectivity index (χ0) is 17.1. The van der Waals surface area contributed by atoms with Crippen molar-refractivity contribution < 1.29 is 24.2 Å². The van der Waals surface area contributed by atoms with E-state index in [1.165, 1.54) is 12.3 Å². The first-order valence-electron chi connectivity index (χ1n) is 7.96. The average Bonchev–Trinajstić information content (AvgIpc) is 3.12. The van der Waals surface area contributed by atoms with Crippen molar-refractivity contribution in [1.29, 1.82) is 0 Å². The van der Waals surface area contributed by atoms with E-state index in [0.29, 0.717) is 31.9 Å². The lowest BCUT2D eigenvalue weighted by molar-refractivity contribution is -0.0196. The molecule has 0 unspecified atom stereocenters. The minimum Gasteiger partial charge on any atom is -0.507 e. The Morgan fingerprint density at radius 2 is 2.25 bits per heavy atom. The number of aryl methyl sites for hydroxylation is 1. The van der Waals surface area contributed by atoms with Crippen LogP contribution in [0.15, 0.2) is 41.0 Å². The third-order valence-corrected chi connectivity index (χ3v) is 4.24. The normalized spacial score (nSPS) is 19.2. The molecule has 3 rings (SSSR count). The Hall–Kier alpha value is -2.31. The molecule has 0 spiro atoms. The van der Waals surface area contributed by atoms with Crippen molar-refractivity contribution in [3.8, 4) is 5.75 Å². The smallest absolute Gasteiger partial charge is 0.258 e. The molecular weight excluding hydrogens is 310 g/mol. The number of nitrogens with zero attached hydrogens (tertiary/aromatic N) is 1. The van der Waals surface area contributed by atoms with E-state index in [0.717, 1.165) is 5.56 Å². The Labute approximate surface area is 140 Å². The average molecular weight is 331 g/mol. The number of morpholine rings is 1. The molecule has 1 fully saturated rings. The van der Waals surface area contributed by atoms with Gasteiger partial charge in [-0.1, -0.05) is 11.6 Å². The van der Waals surface area contributed by atoms with Crippen LogP contribution in [0.25, 0.3) is 0 Å². The highest BCUT2D eigenvalue weighted by Crippen LogP contribution is 2.26. The molecule has 128 valence electrons. The van der Waals surface area contributed by atoms with E-state index in [2.05, 4.69) is 0 Å². The number of phenolic OH excluding ortho intramolecular Hbond substituents is 1. The molecule has 2 heterocycles. The van der Waals surface area contributed by atoms with Gasteiger partial charge >= 0.3 is 0 Å². The van der Waals surface area contributed by atoms with Gasteiger partial charge in [0.05, 0.1) is 31.1 Å². The molecular formula is C18H21NO5. The maximum absolute atomic E-state index is 12.9. The number of hydrogen-bond acceptors (Lipinski definition) is 5. The van der Waals surface area contributed by atoms with Gasteiger partial charge in [0.2, 0.25) is 0 Å². The van der Waals surface area contributed by atoms with Gasteiger partial charge in [-0.15, -0.1) is 0 Å². The summed E-state index contributed by atoms with van der Waals surface area (Å²) in [5, 5.41) is 20.3. The van der Waals surface area contributed by atoms with Crippen LogP contribution in [-0.4, -0.2) is 46.8 Å². The predicted molar refractivity (Wildman–Crippen MR) is 86.8 cm³/mol. The van der Waals surface area contributed by atoms with Gasteiger partial charge in [-0.3, -0.25) is 4.79 Å². The number of aliphatic hydroxyl groups is 1. The minimum absolute atomic E-state index is 0.0394. The van der Waals surface area contributed by atoms with E-state index in [1.807, 2.05) is 6.92 Å². The molecule has 1 aliphatic heterocycles. The highest BCUT2D eigenvalue weighted by atomic mass is 16.5. The van der Waals surface area contributed by atoms with E-state index >= 15 is 0 Å². The molecule has 6 heteroatoms. The second kappa shape index (κ2) is 7.07. The van der Waals surface area contributed by atoms with Crippen molar-refractivity contribution in [3.63, 3.8) is 0 Å². The van der Waals surface area contributed by atoms with Gasteiger partial charge < -0.3 is 24.3 Å². The number of benzene rings is 1. The van der Waals surface area contributed by atoms with Gasteiger partial charge in [0.15, 0.2) is 0 Å². The van der Waals surface area contributed by atoms with E-state index in [9.17, 15) is 15.0 Å². The molecule has 1 amide bonds. The predicted octanol–water partition coefficient (Wildman–Crippen LogP) is 2.26. The lowest BCUT2D eigenvalue weighted by atomic mass is 10.0. The van der Waals surface area contributed by atoms with Crippen LogP contribution < -0.4 is 0 Å². The van der Waals surface area contributed by atoms with Gasteiger partial charge in [0.1, 0.15) is 17.6 Å². The maximum Gasteiger partial charge on any atom is 0.258 e. The summed E-state index contributed by atoms with van der Waals surface area (Å²) in [6.07, 6.45) is 1.00. The van der Waals surface area contributed by atoms with Crippen LogP contribution in [0, 0.1) is 6.92 Å². The molecule has 1 aromatic carbocycles. The Kier molecular flexibility index (Phi) is 4.87. The van der Waals surface area contributed by atoms with Crippen molar-refractivity contribution in [1.82, 2.24) is 4.90 Å². The lowest BCUT2D eigenvalue weighted by Gasteiger charge is -2.36. The lowest BCUT2D eigenvalue weighted by Crippen LogP contribution is -2.49. The Bertz CT molecular complexity index is 697. The molecule has 0 saturated carbocycles. The van der Waals surface area contributed by atoms with Crippen LogP contribution in [-0.2, 0) is 4.74 Å². The van der Waals surface area contributed by atoms with E-state index in [1.54, 1.807) is 29.2 Å². The van der Waals surface area contributed by atoms with Crippen LogP contribution in [0.2, 0.25) is 0 Å². The Morgan fingerprint density at radius 1 is 1.42 bits per heavy atom. The molecule has 1 aliphatic rings. The first-order chi connectivity index (χ1) is 11.6. The summed E-state index contributed by atoms with van der Waals surface area (Å²) in [5.74, 6) is 0.171. The number of carbonyl (C=O) groups excluding carboxylic acids is 1. The molecule has 0 aliphatic carbocycles. The first-order valence-corrected chi connectivity index (χ1v) is 7.96. The van der Waals surface area contributed by atoms with E-state index in [-0.39, 0.29) is 23.3 Å². The fraction of sp³-hybridized carbons (Fsp3) is 0.389. The fourth-order valence-corrected chi connectivity index (χ4v) is 2.95. The first kappa shape index (κ1) is 16.5. The monoisotopic (exact) mass is 331 g/mol. The molecule has 1 aromatic heterocycles. The largest absolute Gasteiger partial charge is 0.507 e. The summed E-state index contributed by atoms with van der Waals surface area (Å²) in [5.41, 5.74) is 1.17. The molecule has 2 atom stereocenters. The number of hydrogen-bond donors (Lipinski definition) is 2. The molecule has 24 heavy (non-hydrogen) atoms. The molecule has 0 bridgehead atoms. The molecule has 2 N–H and O–H groups in total. The highest BCUT2D eigenvalue weighted by Gasteiger charge is 2.31. The maximum atomic E-state index is 12.9. The van der Waals surface area contributed by atoms with Gasteiger partial charge in [0, 0.05) is 13.0 Å². The minimum atomic E-state index is -0.812. The molecule has 6 nitrogen and oxygen atoms in total. The number of furan rings is 1. The summed E-state index contributed by atoms with van der Waals surface area (Å²) >= 11 is 0. The summed E-state index contributed by atoms with van der Waals surface area (Å²) < 4.78 is 10.7. The van der Waals surface area contributed by atoms with Crippen LogP contribution >= 0.6 is 0 Å². The number of amides is 1. The van der Waals surface area contributed by atoms with Crippen LogP contribution in [0.4, 0.5) is 0 Å². The fourth-order valence-electron chi connectivity index (χ4n) is 2.95. The van der Waals surface area contributed by atoms with Gasteiger partial charge in [-0.05, 0) is 31.2 Å².